The van der Waals surface area contributed by atoms with Gasteiger partial charge in [0.25, 0.3) is 0 Å². The van der Waals surface area contributed by atoms with Crippen molar-refractivity contribution in [2.45, 2.75) is 18.7 Å². The molecule has 0 saturated carbocycles. The van der Waals surface area contributed by atoms with Crippen molar-refractivity contribution in [1.82, 2.24) is 0 Å². The summed E-state index contributed by atoms with van der Waals surface area (Å²) in [4.78, 5) is 0.0931. The molecule has 0 spiro atoms. The van der Waals surface area contributed by atoms with E-state index in [1.165, 1.54) is 6.07 Å². The van der Waals surface area contributed by atoms with E-state index >= 15 is 0 Å². The number of sulfonamides is 1. The predicted molar refractivity (Wildman–Crippen MR) is 51.7 cm³/mol. The van der Waals surface area contributed by atoms with Crippen LogP contribution < -0.4 is 10.9 Å². The lowest BCUT2D eigenvalue weighted by molar-refractivity contribution is 0.597. The summed E-state index contributed by atoms with van der Waals surface area (Å²) in [5.74, 6) is 0. The van der Waals surface area contributed by atoms with E-state index in [0.717, 1.165) is 5.56 Å². The Kier molecular flexibility index (Phi) is 2.32. The number of hydrogen-bond acceptors (Lipinski definition) is 3. The van der Waals surface area contributed by atoms with Gasteiger partial charge in [-0.2, -0.15) is 0 Å². The molecule has 13 heavy (non-hydrogen) atoms. The quantitative estimate of drug-likeness (QED) is 0.648. The average Bonchev–Trinajstić information content (AvgIpc) is 1.94. The predicted octanol–water partition coefficient (Wildman–Crippen LogP) is 0.533. The van der Waals surface area contributed by atoms with Gasteiger partial charge in [0.15, 0.2) is 0 Å². The van der Waals surface area contributed by atoms with Crippen LogP contribution in [-0.2, 0) is 10.0 Å². The fraction of sp³-hybridized carbons (Fsp3) is 0.250. The number of hydrogen-bond donors (Lipinski definition) is 2. The van der Waals surface area contributed by atoms with Crippen LogP contribution in [0.3, 0.4) is 0 Å². The second-order valence-corrected chi connectivity index (χ2v) is 4.55. The molecule has 1 rings (SSSR count). The van der Waals surface area contributed by atoms with Crippen LogP contribution in [0.15, 0.2) is 17.0 Å². The van der Waals surface area contributed by atoms with Gasteiger partial charge in [-0.15, -0.1) is 0 Å². The summed E-state index contributed by atoms with van der Waals surface area (Å²) >= 11 is 0. The largest absolute Gasteiger partial charge is 0.398 e. The molecular formula is C8H12N2O2S. The van der Waals surface area contributed by atoms with Crippen molar-refractivity contribution in [3.8, 4) is 0 Å². The van der Waals surface area contributed by atoms with E-state index in [9.17, 15) is 8.42 Å². The minimum atomic E-state index is -3.65. The zero-order chi connectivity index (χ0) is 10.2. The normalized spacial score (nSPS) is 11.6. The summed E-state index contributed by atoms with van der Waals surface area (Å²) in [5, 5.41) is 4.99. The molecule has 1 aromatic carbocycles. The molecule has 0 saturated heterocycles. The molecule has 4 N–H and O–H groups in total. The van der Waals surface area contributed by atoms with Crippen molar-refractivity contribution in [3.05, 3.63) is 23.3 Å². The number of benzene rings is 1. The fourth-order valence-electron chi connectivity index (χ4n) is 1.15. The SMILES string of the molecule is Cc1cc(C)c(S(N)(=O)=O)cc1N. The van der Waals surface area contributed by atoms with Crippen molar-refractivity contribution in [2.24, 2.45) is 5.14 Å². The fourth-order valence-corrected chi connectivity index (χ4v) is 1.95. The van der Waals surface area contributed by atoms with Crippen LogP contribution in [0, 0.1) is 13.8 Å². The average molecular weight is 200 g/mol. The lowest BCUT2D eigenvalue weighted by Crippen LogP contribution is -2.14. The monoisotopic (exact) mass is 200 g/mol. The van der Waals surface area contributed by atoms with Crippen LogP contribution in [0.1, 0.15) is 11.1 Å². The van der Waals surface area contributed by atoms with E-state index in [4.69, 9.17) is 10.9 Å². The van der Waals surface area contributed by atoms with E-state index in [2.05, 4.69) is 0 Å². The van der Waals surface area contributed by atoms with Gasteiger partial charge in [0.05, 0.1) is 4.90 Å². The Hall–Kier alpha value is -1.07. The zero-order valence-electron chi connectivity index (χ0n) is 7.53. The standard InChI is InChI=1S/C8H12N2O2S/c1-5-3-6(2)8(4-7(5)9)13(10,11)12/h3-4H,9H2,1-2H3,(H2,10,11,12). The maximum absolute atomic E-state index is 11.0. The van der Waals surface area contributed by atoms with Gasteiger partial charge in [-0.05, 0) is 31.0 Å². The van der Waals surface area contributed by atoms with Crippen molar-refractivity contribution < 1.29 is 8.42 Å². The van der Waals surface area contributed by atoms with E-state index in [-0.39, 0.29) is 4.90 Å². The third kappa shape index (κ3) is 1.99. The van der Waals surface area contributed by atoms with E-state index in [1.54, 1.807) is 13.0 Å². The van der Waals surface area contributed by atoms with E-state index in [0.29, 0.717) is 11.3 Å². The molecule has 0 aliphatic rings. The molecule has 0 bridgehead atoms. The maximum atomic E-state index is 11.0. The Morgan fingerprint density at radius 3 is 2.15 bits per heavy atom. The lowest BCUT2D eigenvalue weighted by Gasteiger charge is -2.06. The van der Waals surface area contributed by atoms with Gasteiger partial charge < -0.3 is 5.73 Å². The molecular weight excluding hydrogens is 188 g/mol. The van der Waals surface area contributed by atoms with Gasteiger partial charge in [-0.25, -0.2) is 13.6 Å². The first-order chi connectivity index (χ1) is 5.82. The molecule has 0 aromatic heterocycles. The smallest absolute Gasteiger partial charge is 0.238 e. The Balaban J connectivity index is 3.50. The van der Waals surface area contributed by atoms with Crippen LogP contribution >= 0.6 is 0 Å². The molecule has 0 atom stereocenters. The molecule has 0 radical (unpaired) electrons. The first-order valence-electron chi connectivity index (χ1n) is 3.72. The van der Waals surface area contributed by atoms with Crippen molar-refractivity contribution in [2.75, 3.05) is 5.73 Å². The minimum Gasteiger partial charge on any atom is -0.398 e. The molecule has 0 fully saturated rings. The Morgan fingerprint density at radius 2 is 1.69 bits per heavy atom. The highest BCUT2D eigenvalue weighted by molar-refractivity contribution is 7.89. The second kappa shape index (κ2) is 3.01. The molecule has 0 aliphatic carbocycles. The van der Waals surface area contributed by atoms with Crippen molar-refractivity contribution in [3.63, 3.8) is 0 Å². The molecule has 0 aliphatic heterocycles. The van der Waals surface area contributed by atoms with Gasteiger partial charge >= 0.3 is 0 Å². The van der Waals surface area contributed by atoms with E-state index in [1.807, 2.05) is 6.92 Å². The Labute approximate surface area is 77.6 Å². The number of nitrogen functional groups attached to an aromatic ring is 1. The minimum absolute atomic E-state index is 0.0931. The third-order valence-corrected chi connectivity index (χ3v) is 2.92. The molecule has 72 valence electrons. The molecule has 0 heterocycles. The highest BCUT2D eigenvalue weighted by Gasteiger charge is 2.12. The maximum Gasteiger partial charge on any atom is 0.238 e. The highest BCUT2D eigenvalue weighted by Crippen LogP contribution is 2.20. The summed E-state index contributed by atoms with van der Waals surface area (Å²) in [6.45, 7) is 3.50. The van der Waals surface area contributed by atoms with E-state index < -0.39 is 10.0 Å². The summed E-state index contributed by atoms with van der Waals surface area (Å²) in [6, 6.07) is 3.09. The molecule has 1 aromatic rings. The number of aryl methyl sites for hydroxylation is 2. The number of anilines is 1. The Morgan fingerprint density at radius 1 is 1.15 bits per heavy atom. The summed E-state index contributed by atoms with van der Waals surface area (Å²) in [7, 11) is -3.65. The first kappa shape index (κ1) is 10.0. The van der Waals surface area contributed by atoms with Gasteiger partial charge in [-0.1, -0.05) is 6.07 Å². The molecule has 4 nitrogen and oxygen atoms in total. The molecule has 5 heteroatoms. The van der Waals surface area contributed by atoms with Crippen LogP contribution in [0.4, 0.5) is 5.69 Å². The topological polar surface area (TPSA) is 86.2 Å². The van der Waals surface area contributed by atoms with Gasteiger partial charge in [0, 0.05) is 5.69 Å². The second-order valence-electron chi connectivity index (χ2n) is 3.02. The molecule has 0 unspecified atom stereocenters. The lowest BCUT2D eigenvalue weighted by atomic mass is 10.1. The number of primary sulfonamides is 1. The molecule has 0 amide bonds. The van der Waals surface area contributed by atoms with Crippen molar-refractivity contribution >= 4 is 15.7 Å². The first-order valence-corrected chi connectivity index (χ1v) is 5.26. The zero-order valence-corrected chi connectivity index (χ0v) is 8.35. The summed E-state index contributed by atoms with van der Waals surface area (Å²) in [6.07, 6.45) is 0. The summed E-state index contributed by atoms with van der Waals surface area (Å²) in [5.41, 5.74) is 7.48. The van der Waals surface area contributed by atoms with Gasteiger partial charge in [0.1, 0.15) is 0 Å². The van der Waals surface area contributed by atoms with Crippen LogP contribution in [0.5, 0.6) is 0 Å². The highest BCUT2D eigenvalue weighted by atomic mass is 32.2. The van der Waals surface area contributed by atoms with Crippen molar-refractivity contribution in [1.29, 1.82) is 0 Å². The van der Waals surface area contributed by atoms with Crippen LogP contribution in [0.2, 0.25) is 0 Å². The Bertz CT molecular complexity index is 438. The number of rotatable bonds is 1. The van der Waals surface area contributed by atoms with Gasteiger partial charge in [-0.3, -0.25) is 0 Å². The van der Waals surface area contributed by atoms with Crippen LogP contribution in [0.25, 0.3) is 0 Å². The third-order valence-electron chi connectivity index (χ3n) is 1.87. The number of nitrogens with two attached hydrogens (primary N) is 2. The van der Waals surface area contributed by atoms with Gasteiger partial charge in [0.2, 0.25) is 10.0 Å². The summed E-state index contributed by atoms with van der Waals surface area (Å²) < 4.78 is 22.1. The van der Waals surface area contributed by atoms with Crippen LogP contribution in [-0.4, -0.2) is 8.42 Å².